The van der Waals surface area contributed by atoms with E-state index in [-0.39, 0.29) is 5.95 Å². The van der Waals surface area contributed by atoms with Crippen LogP contribution in [-0.4, -0.2) is 67.3 Å². The highest BCUT2D eigenvalue weighted by Gasteiger charge is 2.32. The lowest BCUT2D eigenvalue weighted by molar-refractivity contribution is -0.141. The third kappa shape index (κ3) is 7.98. The number of halogens is 3. The molecule has 0 unspecified atom stereocenters. The number of hydrogen-bond donors (Lipinski definition) is 2. The van der Waals surface area contributed by atoms with Crippen LogP contribution >= 0.6 is 0 Å². The highest BCUT2D eigenvalue weighted by molar-refractivity contribution is 5.79. The number of nitrogens with zero attached hydrogens (tertiary/aromatic N) is 4. The van der Waals surface area contributed by atoms with Crippen LogP contribution in [0, 0.1) is 5.92 Å². The molecule has 0 aliphatic heterocycles. The predicted molar refractivity (Wildman–Crippen MR) is 97.7 cm³/mol. The van der Waals surface area contributed by atoms with Crippen molar-refractivity contribution in [3.05, 3.63) is 18.0 Å². The fraction of sp³-hybridized carbons (Fsp3) is 0.706. The zero-order valence-corrected chi connectivity index (χ0v) is 15.7. The van der Waals surface area contributed by atoms with Gasteiger partial charge in [0.2, 0.25) is 5.95 Å². The second kappa shape index (κ2) is 10.3. The van der Waals surface area contributed by atoms with Crippen molar-refractivity contribution in [3.63, 3.8) is 0 Å². The quantitative estimate of drug-likeness (QED) is 0.364. The molecule has 0 bridgehead atoms. The Hall–Kier alpha value is -2.10. The van der Waals surface area contributed by atoms with Crippen molar-refractivity contribution in [3.8, 4) is 0 Å². The molecule has 0 spiro atoms. The molecule has 0 atom stereocenters. The fourth-order valence-electron chi connectivity index (χ4n) is 2.24. The van der Waals surface area contributed by atoms with E-state index in [0.29, 0.717) is 26.2 Å². The van der Waals surface area contributed by atoms with Crippen molar-refractivity contribution in [2.45, 2.75) is 25.9 Å². The Morgan fingerprint density at radius 3 is 2.85 bits per heavy atom. The van der Waals surface area contributed by atoms with Gasteiger partial charge in [0, 0.05) is 39.5 Å². The van der Waals surface area contributed by atoms with Gasteiger partial charge >= 0.3 is 6.18 Å². The molecular formula is C17H27F3N6O. The minimum Gasteiger partial charge on any atom is -0.379 e. The summed E-state index contributed by atoms with van der Waals surface area (Å²) in [6.07, 6.45) is -0.869. The maximum absolute atomic E-state index is 12.6. The van der Waals surface area contributed by atoms with Crippen LogP contribution in [0.4, 0.5) is 19.1 Å². The highest BCUT2D eigenvalue weighted by Crippen LogP contribution is 2.28. The number of hydrogen-bond acceptors (Lipinski definition) is 5. The molecule has 1 heterocycles. The molecule has 1 aliphatic rings. The monoisotopic (exact) mass is 388 g/mol. The van der Waals surface area contributed by atoms with Gasteiger partial charge in [-0.2, -0.15) is 13.2 Å². The number of alkyl halides is 3. The van der Waals surface area contributed by atoms with Crippen molar-refractivity contribution >= 4 is 11.9 Å². The van der Waals surface area contributed by atoms with Gasteiger partial charge in [0.15, 0.2) is 5.96 Å². The smallest absolute Gasteiger partial charge is 0.379 e. The van der Waals surface area contributed by atoms with E-state index in [1.807, 2.05) is 18.9 Å². The molecule has 0 amide bonds. The van der Waals surface area contributed by atoms with E-state index in [4.69, 9.17) is 4.74 Å². The molecule has 7 nitrogen and oxygen atoms in total. The maximum Gasteiger partial charge on any atom is 0.433 e. The molecule has 0 aromatic carbocycles. The topological polar surface area (TPSA) is 74.7 Å². The minimum absolute atomic E-state index is 0.0631. The fourth-order valence-corrected chi connectivity index (χ4v) is 2.24. The van der Waals surface area contributed by atoms with Gasteiger partial charge in [0.05, 0.1) is 13.2 Å². The normalized spacial score (nSPS) is 14.9. The Labute approximate surface area is 157 Å². The van der Waals surface area contributed by atoms with Crippen molar-refractivity contribution in [2.24, 2.45) is 10.9 Å². The van der Waals surface area contributed by atoms with Gasteiger partial charge in [-0.05, 0) is 31.7 Å². The lowest BCUT2D eigenvalue weighted by Gasteiger charge is -2.22. The van der Waals surface area contributed by atoms with Gasteiger partial charge < -0.3 is 20.3 Å². The molecule has 0 radical (unpaired) electrons. The van der Waals surface area contributed by atoms with E-state index in [1.165, 1.54) is 12.8 Å². The number of nitrogens with one attached hydrogen (secondary N) is 2. The van der Waals surface area contributed by atoms with Crippen molar-refractivity contribution in [2.75, 3.05) is 51.8 Å². The van der Waals surface area contributed by atoms with E-state index in [0.717, 1.165) is 37.3 Å². The van der Waals surface area contributed by atoms with Gasteiger partial charge in [-0.25, -0.2) is 9.97 Å². The van der Waals surface area contributed by atoms with Crippen molar-refractivity contribution < 1.29 is 17.9 Å². The Balaban J connectivity index is 1.76. The summed E-state index contributed by atoms with van der Waals surface area (Å²) in [5.41, 5.74) is -0.970. The van der Waals surface area contributed by atoms with Crippen LogP contribution in [0.2, 0.25) is 0 Å². The van der Waals surface area contributed by atoms with E-state index in [1.54, 1.807) is 0 Å². The molecule has 1 aromatic rings. The van der Waals surface area contributed by atoms with E-state index in [2.05, 4.69) is 25.6 Å². The summed E-state index contributed by atoms with van der Waals surface area (Å²) in [7, 11) is 1.92. The first-order chi connectivity index (χ1) is 12.9. The maximum atomic E-state index is 12.6. The molecule has 0 saturated heterocycles. The Kier molecular flexibility index (Phi) is 8.08. The van der Waals surface area contributed by atoms with Gasteiger partial charge in [-0.15, -0.1) is 0 Å². The number of ether oxygens (including phenoxy) is 1. The van der Waals surface area contributed by atoms with Crippen LogP contribution in [0.25, 0.3) is 0 Å². The summed E-state index contributed by atoms with van der Waals surface area (Å²) in [4.78, 5) is 13.7. The molecule has 1 aromatic heterocycles. The first-order valence-electron chi connectivity index (χ1n) is 9.11. The van der Waals surface area contributed by atoms with Crippen LogP contribution in [-0.2, 0) is 10.9 Å². The second-order valence-electron chi connectivity index (χ2n) is 6.37. The number of guanidine groups is 1. The van der Waals surface area contributed by atoms with Gasteiger partial charge in [-0.3, -0.25) is 4.99 Å². The molecule has 1 aliphatic carbocycles. The predicted octanol–water partition coefficient (Wildman–Crippen LogP) is 2.23. The summed E-state index contributed by atoms with van der Waals surface area (Å²) in [6, 6.07) is 0.840. The van der Waals surface area contributed by atoms with Crippen LogP contribution in [0.15, 0.2) is 17.3 Å². The minimum atomic E-state index is -4.49. The Morgan fingerprint density at radius 2 is 2.19 bits per heavy atom. The molecule has 2 N–H and O–H groups in total. The lowest BCUT2D eigenvalue weighted by atomic mass is 10.4. The van der Waals surface area contributed by atoms with Crippen molar-refractivity contribution in [1.82, 2.24) is 20.2 Å². The van der Waals surface area contributed by atoms with Gasteiger partial charge in [0.25, 0.3) is 0 Å². The second-order valence-corrected chi connectivity index (χ2v) is 6.37. The summed E-state index contributed by atoms with van der Waals surface area (Å²) in [5.74, 6) is 1.40. The molecule has 1 saturated carbocycles. The SMILES string of the molecule is CCNC(=NCCNc1nccc(C(F)(F)F)n1)N(C)CCOCC1CC1. The largest absolute Gasteiger partial charge is 0.433 e. The number of likely N-dealkylation sites (N-methyl/N-ethyl adjacent to an activating group) is 1. The third-order valence-electron chi connectivity index (χ3n) is 3.92. The van der Waals surface area contributed by atoms with Crippen LogP contribution < -0.4 is 10.6 Å². The van der Waals surface area contributed by atoms with E-state index < -0.39 is 11.9 Å². The summed E-state index contributed by atoms with van der Waals surface area (Å²) in [5, 5.41) is 5.95. The number of aromatic nitrogens is 2. The van der Waals surface area contributed by atoms with Crippen LogP contribution in [0.3, 0.4) is 0 Å². The molecule has 27 heavy (non-hydrogen) atoms. The first-order valence-corrected chi connectivity index (χ1v) is 9.11. The van der Waals surface area contributed by atoms with Gasteiger partial charge in [-0.1, -0.05) is 0 Å². The highest BCUT2D eigenvalue weighted by atomic mass is 19.4. The molecule has 152 valence electrons. The number of rotatable bonds is 10. The Bertz CT molecular complexity index is 607. The zero-order chi connectivity index (χ0) is 19.7. The third-order valence-corrected chi connectivity index (χ3v) is 3.92. The van der Waals surface area contributed by atoms with Crippen LogP contribution in [0.5, 0.6) is 0 Å². The molecule has 1 fully saturated rings. The summed E-state index contributed by atoms with van der Waals surface area (Å²) >= 11 is 0. The van der Waals surface area contributed by atoms with Crippen molar-refractivity contribution in [1.29, 1.82) is 0 Å². The number of anilines is 1. The lowest BCUT2D eigenvalue weighted by Crippen LogP contribution is -2.41. The molecular weight excluding hydrogens is 361 g/mol. The molecule has 2 rings (SSSR count). The molecule has 10 heteroatoms. The average Bonchev–Trinajstić information content (AvgIpc) is 3.45. The van der Waals surface area contributed by atoms with E-state index in [9.17, 15) is 13.2 Å². The van der Waals surface area contributed by atoms with Gasteiger partial charge in [0.1, 0.15) is 5.69 Å². The standard InChI is InChI=1S/C17H27F3N6O/c1-3-21-16(26(2)10-11-27-12-13-4-5-13)24-9-8-23-15-22-7-6-14(25-15)17(18,19)20/h6-7,13H,3-5,8-12H2,1-2H3,(H,21,24)(H,22,23,25). The average molecular weight is 388 g/mol. The summed E-state index contributed by atoms with van der Waals surface area (Å²) < 4.78 is 43.6. The van der Waals surface area contributed by atoms with Crippen LogP contribution in [0.1, 0.15) is 25.5 Å². The zero-order valence-electron chi connectivity index (χ0n) is 15.7. The summed E-state index contributed by atoms with van der Waals surface area (Å²) in [6.45, 7) is 5.55. The number of aliphatic imine (C=N–C) groups is 1. The first kappa shape index (κ1) is 21.2. The van der Waals surface area contributed by atoms with E-state index >= 15 is 0 Å². The Morgan fingerprint density at radius 1 is 1.41 bits per heavy atom.